The second-order valence-electron chi connectivity index (χ2n) is 6.34. The molecule has 9 heteroatoms. The Morgan fingerprint density at radius 3 is 2.41 bits per heavy atom. The summed E-state index contributed by atoms with van der Waals surface area (Å²) in [5, 5.41) is 0.502. The molecule has 0 atom stereocenters. The quantitative estimate of drug-likeness (QED) is 0.617. The van der Waals surface area contributed by atoms with Crippen LogP contribution >= 0.6 is 0 Å². The number of rotatable bonds is 3. The van der Waals surface area contributed by atoms with Gasteiger partial charge in [-0.1, -0.05) is 0 Å². The van der Waals surface area contributed by atoms with Gasteiger partial charge in [-0.05, 0) is 54.4 Å². The van der Waals surface area contributed by atoms with E-state index >= 15 is 0 Å². The SMILES string of the molecule is CS(=O)(=O)c1ccc2c(c1)CCN2S(=O)(=O)c1ccc2oc(=O)ccc2c1. The molecule has 1 aliphatic heterocycles. The average Bonchev–Trinajstić information content (AvgIpc) is 3.04. The lowest BCUT2D eigenvalue weighted by molar-refractivity contribution is 0.560. The minimum Gasteiger partial charge on any atom is -0.423 e. The summed E-state index contributed by atoms with van der Waals surface area (Å²) in [6, 6.07) is 11.5. The maximum Gasteiger partial charge on any atom is 0.336 e. The van der Waals surface area contributed by atoms with Crippen LogP contribution in [0.4, 0.5) is 5.69 Å². The second-order valence-corrected chi connectivity index (χ2v) is 10.2. The predicted molar refractivity (Wildman–Crippen MR) is 100 cm³/mol. The highest BCUT2D eigenvalue weighted by Gasteiger charge is 2.31. The molecule has 27 heavy (non-hydrogen) atoms. The Morgan fingerprint density at radius 2 is 1.67 bits per heavy atom. The summed E-state index contributed by atoms with van der Waals surface area (Å²) in [5.74, 6) is 0. The first-order chi connectivity index (χ1) is 12.7. The molecule has 1 aliphatic rings. The largest absolute Gasteiger partial charge is 0.423 e. The highest BCUT2D eigenvalue weighted by Crippen LogP contribution is 2.35. The van der Waals surface area contributed by atoms with E-state index in [0.29, 0.717) is 28.6 Å². The van der Waals surface area contributed by atoms with Gasteiger partial charge < -0.3 is 4.42 Å². The van der Waals surface area contributed by atoms with Gasteiger partial charge in [-0.25, -0.2) is 21.6 Å². The van der Waals surface area contributed by atoms with E-state index in [-0.39, 0.29) is 16.3 Å². The van der Waals surface area contributed by atoms with Gasteiger partial charge in [0.25, 0.3) is 10.0 Å². The molecule has 7 nitrogen and oxygen atoms in total. The van der Waals surface area contributed by atoms with E-state index in [1.165, 1.54) is 52.8 Å². The van der Waals surface area contributed by atoms with E-state index in [2.05, 4.69) is 0 Å². The van der Waals surface area contributed by atoms with Crippen LogP contribution < -0.4 is 9.93 Å². The molecule has 2 heterocycles. The monoisotopic (exact) mass is 405 g/mol. The first-order valence-electron chi connectivity index (χ1n) is 8.06. The highest BCUT2D eigenvalue weighted by molar-refractivity contribution is 7.93. The average molecular weight is 405 g/mol. The third kappa shape index (κ3) is 3.02. The summed E-state index contributed by atoms with van der Waals surface area (Å²) >= 11 is 0. The molecule has 2 aromatic carbocycles. The zero-order valence-corrected chi connectivity index (χ0v) is 15.9. The van der Waals surface area contributed by atoms with Gasteiger partial charge in [0.1, 0.15) is 5.58 Å². The van der Waals surface area contributed by atoms with Gasteiger partial charge >= 0.3 is 5.63 Å². The molecule has 0 amide bonds. The summed E-state index contributed by atoms with van der Waals surface area (Å²) in [4.78, 5) is 11.5. The zero-order valence-electron chi connectivity index (χ0n) is 14.2. The number of sulfone groups is 1. The fourth-order valence-corrected chi connectivity index (χ4v) is 5.38. The number of benzene rings is 2. The van der Waals surface area contributed by atoms with Crippen molar-refractivity contribution >= 4 is 36.5 Å². The van der Waals surface area contributed by atoms with E-state index in [4.69, 9.17) is 4.42 Å². The van der Waals surface area contributed by atoms with Crippen molar-refractivity contribution in [2.24, 2.45) is 0 Å². The van der Waals surface area contributed by atoms with Gasteiger partial charge in [0.15, 0.2) is 9.84 Å². The highest BCUT2D eigenvalue weighted by atomic mass is 32.2. The first kappa shape index (κ1) is 17.7. The van der Waals surface area contributed by atoms with Gasteiger partial charge in [0.05, 0.1) is 15.5 Å². The van der Waals surface area contributed by atoms with E-state index in [1.807, 2.05) is 0 Å². The summed E-state index contributed by atoms with van der Waals surface area (Å²) in [6.45, 7) is 0.229. The lowest BCUT2D eigenvalue weighted by atomic mass is 10.2. The minimum absolute atomic E-state index is 0.0730. The third-order valence-electron chi connectivity index (χ3n) is 4.51. The Balaban J connectivity index is 1.78. The van der Waals surface area contributed by atoms with E-state index < -0.39 is 25.5 Å². The Labute approximate surface area is 155 Å². The number of anilines is 1. The molecule has 0 fully saturated rings. The molecule has 0 saturated heterocycles. The lowest BCUT2D eigenvalue weighted by Crippen LogP contribution is -2.29. The molecule has 0 unspecified atom stereocenters. The van der Waals surface area contributed by atoms with Crippen molar-refractivity contribution in [2.75, 3.05) is 17.1 Å². The summed E-state index contributed by atoms with van der Waals surface area (Å²) in [7, 11) is -7.20. The van der Waals surface area contributed by atoms with Crippen LogP contribution in [0.2, 0.25) is 0 Å². The molecular formula is C18H15NO6S2. The normalized spacial score (nSPS) is 14.5. The maximum absolute atomic E-state index is 13.1. The molecule has 0 radical (unpaired) electrons. The summed E-state index contributed by atoms with van der Waals surface area (Å²) in [6.07, 6.45) is 1.55. The molecule has 140 valence electrons. The van der Waals surface area contributed by atoms with Crippen LogP contribution in [0.1, 0.15) is 5.56 Å². The van der Waals surface area contributed by atoms with Crippen LogP contribution in [0.5, 0.6) is 0 Å². The van der Waals surface area contributed by atoms with Gasteiger partial charge in [-0.15, -0.1) is 0 Å². The van der Waals surface area contributed by atoms with E-state index in [0.717, 1.165) is 6.26 Å². The number of nitrogens with zero attached hydrogens (tertiary/aromatic N) is 1. The second kappa shape index (κ2) is 5.93. The van der Waals surface area contributed by atoms with Crippen molar-refractivity contribution in [1.29, 1.82) is 0 Å². The van der Waals surface area contributed by atoms with Gasteiger partial charge in [0.2, 0.25) is 0 Å². The summed E-state index contributed by atoms with van der Waals surface area (Å²) < 4.78 is 56.0. The Hall–Kier alpha value is -2.65. The number of hydrogen-bond acceptors (Lipinski definition) is 6. The van der Waals surface area contributed by atoms with Gasteiger partial charge in [-0.3, -0.25) is 4.31 Å². The lowest BCUT2D eigenvalue weighted by Gasteiger charge is -2.20. The van der Waals surface area contributed by atoms with Crippen LogP contribution in [0.25, 0.3) is 11.0 Å². The molecule has 0 saturated carbocycles. The van der Waals surface area contributed by atoms with Crippen molar-refractivity contribution in [3.05, 3.63) is 64.5 Å². The van der Waals surface area contributed by atoms with Crippen LogP contribution in [0.3, 0.4) is 0 Å². The Morgan fingerprint density at radius 1 is 0.926 bits per heavy atom. The van der Waals surface area contributed by atoms with E-state index in [1.54, 1.807) is 0 Å². The van der Waals surface area contributed by atoms with Crippen LogP contribution in [-0.2, 0) is 26.3 Å². The van der Waals surface area contributed by atoms with Crippen LogP contribution in [-0.4, -0.2) is 29.6 Å². The Bertz CT molecular complexity index is 1340. The molecular weight excluding hydrogens is 390 g/mol. The van der Waals surface area contributed by atoms with Gasteiger partial charge in [0, 0.05) is 24.3 Å². The van der Waals surface area contributed by atoms with E-state index in [9.17, 15) is 21.6 Å². The first-order valence-corrected chi connectivity index (χ1v) is 11.4. The molecule has 1 aromatic heterocycles. The van der Waals surface area contributed by atoms with Crippen molar-refractivity contribution < 1.29 is 21.3 Å². The third-order valence-corrected chi connectivity index (χ3v) is 7.43. The van der Waals surface area contributed by atoms with Crippen molar-refractivity contribution in [1.82, 2.24) is 0 Å². The number of fused-ring (bicyclic) bond motifs is 2. The fraction of sp³-hybridized carbons (Fsp3) is 0.167. The van der Waals surface area contributed by atoms with Crippen LogP contribution in [0, 0.1) is 0 Å². The van der Waals surface area contributed by atoms with Crippen molar-refractivity contribution in [3.63, 3.8) is 0 Å². The standard InChI is InChI=1S/C18H15NO6S2/c1-26(21,22)14-3-5-16-12(10-14)8-9-19(16)27(23,24)15-4-6-17-13(11-15)2-7-18(20)25-17/h2-7,10-11H,8-9H2,1H3. The van der Waals surface area contributed by atoms with Crippen LogP contribution in [0.15, 0.2) is 67.5 Å². The summed E-state index contributed by atoms with van der Waals surface area (Å²) in [5.41, 5.74) is 0.949. The number of sulfonamides is 1. The molecule has 0 bridgehead atoms. The topological polar surface area (TPSA) is 102 Å². The predicted octanol–water partition coefficient (Wildman–Crippen LogP) is 1.95. The smallest absolute Gasteiger partial charge is 0.336 e. The molecule has 0 aliphatic carbocycles. The zero-order chi connectivity index (χ0) is 19.4. The van der Waals surface area contributed by atoms with Gasteiger partial charge in [-0.2, -0.15) is 0 Å². The number of hydrogen-bond donors (Lipinski definition) is 0. The molecule has 3 aromatic rings. The molecule has 0 N–H and O–H groups in total. The van der Waals surface area contributed by atoms with Crippen molar-refractivity contribution in [2.45, 2.75) is 16.2 Å². The Kier molecular flexibility index (Phi) is 3.90. The fourth-order valence-electron chi connectivity index (χ4n) is 3.17. The van der Waals surface area contributed by atoms with Crippen molar-refractivity contribution in [3.8, 4) is 0 Å². The molecule has 4 rings (SSSR count). The molecule has 0 spiro atoms. The minimum atomic E-state index is -3.84. The maximum atomic E-state index is 13.1.